The zero-order valence-electron chi connectivity index (χ0n) is 18.7. The number of rotatable bonds is 8. The molecule has 0 atom stereocenters. The average Bonchev–Trinajstić information content (AvgIpc) is 3.28. The Morgan fingerprint density at radius 2 is 1.78 bits per heavy atom. The lowest BCUT2D eigenvalue weighted by Crippen LogP contribution is -2.36. The Morgan fingerprint density at radius 3 is 2.50 bits per heavy atom. The SMILES string of the molecule is Cc1c(OCCCN2CCC(O)CC2)cccc1-c1cccc(-c2ncc(C=O)s2)c1C. The second-order valence-corrected chi connectivity index (χ2v) is 9.43. The summed E-state index contributed by atoms with van der Waals surface area (Å²) < 4.78 is 6.16. The molecule has 1 fully saturated rings. The normalized spacial score (nSPS) is 15.1. The number of carbonyl (C=O) groups excluding carboxylic acids is 1. The Bertz CT molecular complexity index is 1070. The maximum absolute atomic E-state index is 11.1. The van der Waals surface area contributed by atoms with Crippen molar-refractivity contribution in [3.05, 3.63) is 58.6 Å². The zero-order chi connectivity index (χ0) is 22.5. The smallest absolute Gasteiger partial charge is 0.161 e. The number of carbonyl (C=O) groups is 1. The molecule has 3 aromatic rings. The molecule has 1 aliphatic rings. The van der Waals surface area contributed by atoms with Crippen LogP contribution in [0.15, 0.2) is 42.6 Å². The molecule has 4 rings (SSSR count). The van der Waals surface area contributed by atoms with Gasteiger partial charge in [-0.25, -0.2) is 4.98 Å². The maximum Gasteiger partial charge on any atom is 0.161 e. The van der Waals surface area contributed by atoms with Gasteiger partial charge in [0.15, 0.2) is 6.29 Å². The van der Waals surface area contributed by atoms with E-state index >= 15 is 0 Å². The zero-order valence-corrected chi connectivity index (χ0v) is 19.5. The molecule has 1 aliphatic heterocycles. The summed E-state index contributed by atoms with van der Waals surface area (Å²) in [5, 5.41) is 10.5. The number of likely N-dealkylation sites (tertiary alicyclic amines) is 1. The van der Waals surface area contributed by atoms with Crippen LogP contribution >= 0.6 is 11.3 Å². The first-order chi connectivity index (χ1) is 15.6. The molecule has 5 nitrogen and oxygen atoms in total. The lowest BCUT2D eigenvalue weighted by atomic mass is 9.93. The van der Waals surface area contributed by atoms with Gasteiger partial charge in [-0.3, -0.25) is 4.79 Å². The van der Waals surface area contributed by atoms with E-state index in [1.54, 1.807) is 6.20 Å². The Kier molecular flexibility index (Phi) is 7.35. The Labute approximate surface area is 193 Å². The van der Waals surface area contributed by atoms with E-state index in [2.05, 4.69) is 41.9 Å². The van der Waals surface area contributed by atoms with Gasteiger partial charge in [0.1, 0.15) is 10.8 Å². The standard InChI is InChI=1S/C26H30N2O3S/c1-18-22(6-3-8-24(18)26-27-16-21(17-29)32-26)23-7-4-9-25(19(23)2)31-15-5-12-28-13-10-20(30)11-14-28/h3-4,6-9,16-17,20,30H,5,10-15H2,1-2H3. The monoisotopic (exact) mass is 450 g/mol. The predicted molar refractivity (Wildman–Crippen MR) is 130 cm³/mol. The van der Waals surface area contributed by atoms with E-state index < -0.39 is 0 Å². The lowest BCUT2D eigenvalue weighted by molar-refractivity contribution is 0.0800. The minimum absolute atomic E-state index is 0.127. The van der Waals surface area contributed by atoms with E-state index in [-0.39, 0.29) is 6.10 Å². The minimum atomic E-state index is -0.127. The molecule has 0 radical (unpaired) electrons. The number of aromatic nitrogens is 1. The minimum Gasteiger partial charge on any atom is -0.493 e. The van der Waals surface area contributed by atoms with Gasteiger partial charge in [0.05, 0.1) is 17.6 Å². The number of ether oxygens (including phenoxy) is 1. The third-order valence-corrected chi connectivity index (χ3v) is 7.17. The first kappa shape index (κ1) is 22.6. The highest BCUT2D eigenvalue weighted by Crippen LogP contribution is 2.37. The van der Waals surface area contributed by atoms with Crippen LogP contribution in [0.1, 0.15) is 40.1 Å². The summed E-state index contributed by atoms with van der Waals surface area (Å²) in [4.78, 5) is 18.5. The van der Waals surface area contributed by atoms with Crippen molar-refractivity contribution in [1.29, 1.82) is 0 Å². The van der Waals surface area contributed by atoms with E-state index in [0.717, 1.165) is 83.8 Å². The van der Waals surface area contributed by atoms with Gasteiger partial charge in [-0.15, -0.1) is 11.3 Å². The molecule has 6 heteroatoms. The number of thiazole rings is 1. The molecule has 0 spiro atoms. The van der Waals surface area contributed by atoms with Gasteiger partial charge in [0.25, 0.3) is 0 Å². The number of nitrogens with zero attached hydrogens (tertiary/aromatic N) is 2. The van der Waals surface area contributed by atoms with Crippen LogP contribution in [-0.2, 0) is 0 Å². The van der Waals surface area contributed by atoms with Crippen molar-refractivity contribution in [1.82, 2.24) is 9.88 Å². The summed E-state index contributed by atoms with van der Waals surface area (Å²) in [5.74, 6) is 0.916. The molecule has 0 amide bonds. The van der Waals surface area contributed by atoms with Crippen LogP contribution in [0.2, 0.25) is 0 Å². The molecule has 1 N–H and O–H groups in total. The number of hydrogen-bond acceptors (Lipinski definition) is 6. The van der Waals surface area contributed by atoms with Crippen molar-refractivity contribution >= 4 is 17.6 Å². The number of aliphatic hydroxyl groups is 1. The van der Waals surface area contributed by atoms with E-state index in [4.69, 9.17) is 4.74 Å². The fraction of sp³-hybridized carbons (Fsp3) is 0.385. The molecule has 32 heavy (non-hydrogen) atoms. The molecular weight excluding hydrogens is 420 g/mol. The highest BCUT2D eigenvalue weighted by molar-refractivity contribution is 7.16. The summed E-state index contributed by atoms with van der Waals surface area (Å²) >= 11 is 1.42. The van der Waals surface area contributed by atoms with E-state index in [1.807, 2.05) is 18.2 Å². The van der Waals surface area contributed by atoms with Crippen LogP contribution in [0.5, 0.6) is 5.75 Å². The largest absolute Gasteiger partial charge is 0.493 e. The van der Waals surface area contributed by atoms with Crippen LogP contribution in [0.4, 0.5) is 0 Å². The Balaban J connectivity index is 1.46. The van der Waals surface area contributed by atoms with E-state index in [1.165, 1.54) is 11.3 Å². The summed E-state index contributed by atoms with van der Waals surface area (Å²) in [6, 6.07) is 12.4. The van der Waals surface area contributed by atoms with Crippen LogP contribution in [-0.4, -0.2) is 53.6 Å². The van der Waals surface area contributed by atoms with E-state index in [0.29, 0.717) is 11.5 Å². The molecule has 1 aromatic heterocycles. The number of aliphatic hydroxyl groups excluding tert-OH is 1. The van der Waals surface area contributed by atoms with Crippen LogP contribution < -0.4 is 4.74 Å². The highest BCUT2D eigenvalue weighted by atomic mass is 32.1. The van der Waals surface area contributed by atoms with Gasteiger partial charge in [0.2, 0.25) is 0 Å². The van der Waals surface area contributed by atoms with Gasteiger partial charge in [0, 0.05) is 31.4 Å². The van der Waals surface area contributed by atoms with Gasteiger partial charge in [-0.2, -0.15) is 0 Å². The molecular formula is C26H30N2O3S. The first-order valence-corrected chi connectivity index (χ1v) is 12.0. The second-order valence-electron chi connectivity index (χ2n) is 8.37. The third kappa shape index (κ3) is 5.09. The van der Waals surface area contributed by atoms with Crippen molar-refractivity contribution in [2.75, 3.05) is 26.2 Å². The molecule has 1 saturated heterocycles. The molecule has 0 bridgehead atoms. The van der Waals surface area contributed by atoms with Crippen molar-refractivity contribution in [2.45, 2.75) is 39.2 Å². The van der Waals surface area contributed by atoms with Crippen LogP contribution in [0.25, 0.3) is 21.7 Å². The van der Waals surface area contributed by atoms with Crippen molar-refractivity contribution < 1.29 is 14.6 Å². The maximum atomic E-state index is 11.1. The summed E-state index contributed by atoms with van der Waals surface area (Å²) in [7, 11) is 0. The molecule has 168 valence electrons. The first-order valence-electron chi connectivity index (χ1n) is 11.2. The van der Waals surface area contributed by atoms with Gasteiger partial charge < -0.3 is 14.7 Å². The molecule has 2 aromatic carbocycles. The second kappa shape index (κ2) is 10.4. The number of benzene rings is 2. The Morgan fingerprint density at radius 1 is 1.09 bits per heavy atom. The molecule has 0 saturated carbocycles. The van der Waals surface area contributed by atoms with Gasteiger partial charge >= 0.3 is 0 Å². The quantitative estimate of drug-likeness (QED) is 0.381. The highest BCUT2D eigenvalue weighted by Gasteiger charge is 2.17. The fourth-order valence-corrected chi connectivity index (χ4v) is 5.11. The van der Waals surface area contributed by atoms with Crippen LogP contribution in [0.3, 0.4) is 0 Å². The number of aldehydes is 1. The third-order valence-electron chi connectivity index (χ3n) is 6.21. The van der Waals surface area contributed by atoms with Crippen molar-refractivity contribution in [3.63, 3.8) is 0 Å². The molecule has 2 heterocycles. The number of piperidine rings is 1. The van der Waals surface area contributed by atoms with Crippen molar-refractivity contribution in [2.24, 2.45) is 0 Å². The van der Waals surface area contributed by atoms with Crippen molar-refractivity contribution in [3.8, 4) is 27.4 Å². The summed E-state index contributed by atoms with van der Waals surface area (Å²) in [5.41, 5.74) is 5.63. The van der Waals surface area contributed by atoms with E-state index in [9.17, 15) is 9.90 Å². The lowest BCUT2D eigenvalue weighted by Gasteiger charge is -2.29. The van der Waals surface area contributed by atoms with Gasteiger partial charge in [-0.1, -0.05) is 30.3 Å². The van der Waals surface area contributed by atoms with Crippen LogP contribution in [0, 0.1) is 13.8 Å². The summed E-state index contributed by atoms with van der Waals surface area (Å²) in [6.07, 6.45) is 5.07. The average molecular weight is 451 g/mol. The Hall–Kier alpha value is -2.54. The molecule has 0 unspecified atom stereocenters. The summed E-state index contributed by atoms with van der Waals surface area (Å²) in [6.45, 7) is 7.84. The predicted octanol–water partition coefficient (Wildman–Crippen LogP) is 5.13. The van der Waals surface area contributed by atoms with Gasteiger partial charge in [-0.05, 0) is 61.4 Å². The fourth-order valence-electron chi connectivity index (χ4n) is 4.30. The molecule has 0 aliphatic carbocycles. The number of hydrogen-bond donors (Lipinski definition) is 1. The topological polar surface area (TPSA) is 62.7 Å².